The van der Waals surface area contributed by atoms with Crippen molar-refractivity contribution in [1.29, 1.82) is 0 Å². The number of hydrogen-bond acceptors (Lipinski definition) is 9. The molecule has 1 aliphatic carbocycles. The summed E-state index contributed by atoms with van der Waals surface area (Å²) in [5.74, 6) is 1.80. The SMILES string of the molecule is CCNc1nc(NCC)nc(C(N)C2CCC(N(C)S(=O)(=O)c3cccs3)CC2)n1. The molecule has 3 rings (SSSR count). The molecular formula is C19H31N7O2S2. The van der Waals surface area contributed by atoms with Crippen molar-refractivity contribution >= 4 is 33.3 Å². The Morgan fingerprint density at radius 2 is 1.73 bits per heavy atom. The lowest BCUT2D eigenvalue weighted by Gasteiger charge is -2.35. The van der Waals surface area contributed by atoms with Crippen LogP contribution in [0, 0.1) is 5.92 Å². The molecule has 0 radical (unpaired) electrons. The smallest absolute Gasteiger partial charge is 0.252 e. The van der Waals surface area contributed by atoms with E-state index < -0.39 is 10.0 Å². The van der Waals surface area contributed by atoms with Gasteiger partial charge in [0.2, 0.25) is 11.9 Å². The van der Waals surface area contributed by atoms with Gasteiger partial charge in [0.05, 0.1) is 6.04 Å². The second-order valence-electron chi connectivity index (χ2n) is 7.45. The standard InChI is InChI=1S/C19H31N7O2S2/c1-4-21-18-23-17(24-19(25-18)22-5-2)16(20)13-8-10-14(11-9-13)26(3)30(27,28)15-7-6-12-29-15/h6-7,12-14,16H,4-5,8-11,20H2,1-3H3,(H2,21,22,23,24,25). The molecule has 1 fully saturated rings. The average molecular weight is 454 g/mol. The van der Waals surface area contributed by atoms with E-state index in [9.17, 15) is 8.42 Å². The van der Waals surface area contributed by atoms with E-state index in [-0.39, 0.29) is 18.0 Å². The van der Waals surface area contributed by atoms with Gasteiger partial charge in [-0.3, -0.25) is 0 Å². The van der Waals surface area contributed by atoms with Crippen molar-refractivity contribution in [3.63, 3.8) is 0 Å². The van der Waals surface area contributed by atoms with Crippen molar-refractivity contribution in [2.45, 2.75) is 55.8 Å². The Balaban J connectivity index is 1.67. The summed E-state index contributed by atoms with van der Waals surface area (Å²) in [4.78, 5) is 13.4. The molecule has 0 amide bonds. The van der Waals surface area contributed by atoms with Crippen LogP contribution in [0.2, 0.25) is 0 Å². The third-order valence-electron chi connectivity index (χ3n) is 5.51. The zero-order valence-electron chi connectivity index (χ0n) is 17.7. The second-order valence-corrected chi connectivity index (χ2v) is 10.6. The minimum absolute atomic E-state index is 0.0199. The molecule has 1 saturated carbocycles. The average Bonchev–Trinajstić information content (AvgIpc) is 3.29. The van der Waals surface area contributed by atoms with Crippen LogP contribution in [0.15, 0.2) is 21.7 Å². The highest BCUT2D eigenvalue weighted by molar-refractivity contribution is 7.91. The Labute approximate surface area is 182 Å². The number of thiophene rings is 1. The molecule has 0 aliphatic heterocycles. The second kappa shape index (κ2) is 9.99. The maximum absolute atomic E-state index is 12.8. The fraction of sp³-hybridized carbons (Fsp3) is 0.632. The fourth-order valence-corrected chi connectivity index (χ4v) is 6.39. The molecule has 1 aliphatic rings. The molecule has 2 heterocycles. The van der Waals surface area contributed by atoms with E-state index in [2.05, 4.69) is 25.6 Å². The van der Waals surface area contributed by atoms with Crippen molar-refractivity contribution in [2.75, 3.05) is 30.8 Å². The molecule has 11 heteroatoms. The highest BCUT2D eigenvalue weighted by Gasteiger charge is 2.34. The van der Waals surface area contributed by atoms with Gasteiger partial charge in [-0.2, -0.15) is 19.3 Å². The monoisotopic (exact) mass is 453 g/mol. The first kappa shape index (κ1) is 22.9. The maximum Gasteiger partial charge on any atom is 0.252 e. The van der Waals surface area contributed by atoms with Gasteiger partial charge in [0, 0.05) is 26.2 Å². The van der Waals surface area contributed by atoms with Crippen LogP contribution in [-0.4, -0.2) is 53.9 Å². The molecule has 9 nitrogen and oxygen atoms in total. The number of nitrogens with one attached hydrogen (secondary N) is 2. The summed E-state index contributed by atoms with van der Waals surface area (Å²) in [6.45, 7) is 5.39. The first-order valence-corrected chi connectivity index (χ1v) is 12.7. The fourth-order valence-electron chi connectivity index (χ4n) is 3.80. The van der Waals surface area contributed by atoms with Gasteiger partial charge in [0.25, 0.3) is 10.0 Å². The summed E-state index contributed by atoms with van der Waals surface area (Å²) in [7, 11) is -1.76. The Hall–Kier alpha value is -1.82. The van der Waals surface area contributed by atoms with Crippen molar-refractivity contribution in [1.82, 2.24) is 19.3 Å². The Bertz CT molecular complexity index is 889. The Morgan fingerprint density at radius 1 is 1.13 bits per heavy atom. The molecule has 0 bridgehead atoms. The summed E-state index contributed by atoms with van der Waals surface area (Å²) in [5, 5.41) is 8.04. The van der Waals surface area contributed by atoms with Crippen LogP contribution in [0.25, 0.3) is 0 Å². The summed E-state index contributed by atoms with van der Waals surface area (Å²) in [5.41, 5.74) is 6.55. The summed E-state index contributed by atoms with van der Waals surface area (Å²) in [6.07, 6.45) is 3.19. The minimum Gasteiger partial charge on any atom is -0.354 e. The van der Waals surface area contributed by atoms with Gasteiger partial charge in [-0.1, -0.05) is 6.07 Å². The highest BCUT2D eigenvalue weighted by atomic mass is 32.2. The molecule has 1 unspecified atom stereocenters. The third kappa shape index (κ3) is 5.08. The first-order valence-electron chi connectivity index (χ1n) is 10.4. The Kier molecular flexibility index (Phi) is 7.61. The largest absolute Gasteiger partial charge is 0.354 e. The van der Waals surface area contributed by atoms with Gasteiger partial charge in [-0.15, -0.1) is 11.3 Å². The van der Waals surface area contributed by atoms with E-state index >= 15 is 0 Å². The molecule has 0 aromatic carbocycles. The van der Waals surface area contributed by atoms with Crippen molar-refractivity contribution in [3.8, 4) is 0 Å². The lowest BCUT2D eigenvalue weighted by Crippen LogP contribution is -2.40. The number of hydrogen-bond donors (Lipinski definition) is 3. The number of rotatable bonds is 9. The van der Waals surface area contributed by atoms with Crippen LogP contribution in [0.1, 0.15) is 51.4 Å². The molecule has 166 valence electrons. The number of aromatic nitrogens is 3. The Morgan fingerprint density at radius 3 is 2.23 bits per heavy atom. The number of anilines is 2. The predicted molar refractivity (Wildman–Crippen MR) is 120 cm³/mol. The zero-order chi connectivity index (χ0) is 21.7. The van der Waals surface area contributed by atoms with Gasteiger partial charge in [0.15, 0.2) is 5.82 Å². The van der Waals surface area contributed by atoms with Crippen molar-refractivity contribution in [3.05, 3.63) is 23.3 Å². The molecule has 1 atom stereocenters. The van der Waals surface area contributed by atoms with E-state index in [1.165, 1.54) is 15.6 Å². The number of nitrogens with two attached hydrogens (primary N) is 1. The van der Waals surface area contributed by atoms with Gasteiger partial charge >= 0.3 is 0 Å². The molecular weight excluding hydrogens is 422 g/mol. The number of nitrogens with zero attached hydrogens (tertiary/aromatic N) is 4. The normalized spacial score (nSPS) is 20.8. The molecule has 2 aromatic heterocycles. The van der Waals surface area contributed by atoms with Gasteiger partial charge in [-0.05, 0) is 56.9 Å². The highest BCUT2D eigenvalue weighted by Crippen LogP contribution is 2.35. The lowest BCUT2D eigenvalue weighted by molar-refractivity contribution is 0.213. The van der Waals surface area contributed by atoms with Gasteiger partial charge in [0.1, 0.15) is 4.21 Å². The van der Waals surface area contributed by atoms with Crippen LogP contribution in [0.3, 0.4) is 0 Å². The van der Waals surface area contributed by atoms with E-state index in [4.69, 9.17) is 5.73 Å². The molecule has 0 saturated heterocycles. The van der Waals surface area contributed by atoms with E-state index in [0.29, 0.717) is 35.0 Å². The topological polar surface area (TPSA) is 126 Å². The van der Waals surface area contributed by atoms with Crippen LogP contribution in [0.5, 0.6) is 0 Å². The summed E-state index contributed by atoms with van der Waals surface area (Å²) < 4.78 is 27.5. The van der Waals surface area contributed by atoms with E-state index in [0.717, 1.165) is 25.7 Å². The van der Waals surface area contributed by atoms with Gasteiger partial charge < -0.3 is 16.4 Å². The molecule has 30 heavy (non-hydrogen) atoms. The quantitative estimate of drug-likeness (QED) is 0.529. The molecule has 0 spiro atoms. The molecule has 2 aromatic rings. The lowest BCUT2D eigenvalue weighted by atomic mass is 9.81. The molecule has 4 N–H and O–H groups in total. The van der Waals surface area contributed by atoms with Crippen LogP contribution < -0.4 is 16.4 Å². The zero-order valence-corrected chi connectivity index (χ0v) is 19.3. The van der Waals surface area contributed by atoms with Crippen LogP contribution in [-0.2, 0) is 10.0 Å². The minimum atomic E-state index is -3.44. The van der Waals surface area contributed by atoms with Crippen molar-refractivity contribution < 1.29 is 8.42 Å². The first-order chi connectivity index (χ1) is 14.4. The van der Waals surface area contributed by atoms with Crippen molar-refractivity contribution in [2.24, 2.45) is 11.7 Å². The van der Waals surface area contributed by atoms with Crippen LogP contribution >= 0.6 is 11.3 Å². The van der Waals surface area contributed by atoms with Gasteiger partial charge in [-0.25, -0.2) is 8.42 Å². The summed E-state index contributed by atoms with van der Waals surface area (Å²) in [6, 6.07) is 3.08. The van der Waals surface area contributed by atoms with E-state index in [1.807, 2.05) is 13.8 Å². The van der Waals surface area contributed by atoms with E-state index in [1.54, 1.807) is 24.6 Å². The number of sulfonamides is 1. The maximum atomic E-state index is 12.8. The predicted octanol–water partition coefficient (Wildman–Crippen LogP) is 2.68. The summed E-state index contributed by atoms with van der Waals surface area (Å²) >= 11 is 1.25. The van der Waals surface area contributed by atoms with Crippen LogP contribution in [0.4, 0.5) is 11.9 Å². The third-order valence-corrected chi connectivity index (χ3v) is 8.80.